The third kappa shape index (κ3) is 4.45. The molecule has 0 aliphatic rings. The molecule has 2 amide bonds. The quantitative estimate of drug-likeness (QED) is 0.684. The Morgan fingerprint density at radius 2 is 1.93 bits per heavy atom. The molecule has 2 aromatic heterocycles. The SMILES string of the molecule is CCc1ccc(-c2nc(C)c(C(=O)N(C)CC(=O)Nc3cc(C)on3)s2)cc1. The Balaban J connectivity index is 1.69. The maximum atomic E-state index is 12.8. The van der Waals surface area contributed by atoms with E-state index in [0.717, 1.165) is 17.0 Å². The van der Waals surface area contributed by atoms with Crippen LogP contribution in [0.3, 0.4) is 0 Å². The number of carbonyl (C=O) groups excluding carboxylic acids is 2. The average molecular weight is 398 g/mol. The van der Waals surface area contributed by atoms with Crippen molar-refractivity contribution < 1.29 is 14.1 Å². The number of nitrogens with zero attached hydrogens (tertiary/aromatic N) is 3. The van der Waals surface area contributed by atoms with Crippen LogP contribution < -0.4 is 5.32 Å². The van der Waals surface area contributed by atoms with E-state index in [9.17, 15) is 9.59 Å². The van der Waals surface area contributed by atoms with Gasteiger partial charge >= 0.3 is 0 Å². The molecule has 0 saturated heterocycles. The summed E-state index contributed by atoms with van der Waals surface area (Å²) in [6.45, 7) is 5.55. The molecular weight excluding hydrogens is 376 g/mol. The molecule has 0 fully saturated rings. The summed E-state index contributed by atoms with van der Waals surface area (Å²) >= 11 is 1.34. The van der Waals surface area contributed by atoms with Gasteiger partial charge in [0.25, 0.3) is 5.91 Å². The molecule has 1 aromatic carbocycles. The second kappa shape index (κ2) is 8.35. The Morgan fingerprint density at radius 3 is 2.54 bits per heavy atom. The fourth-order valence-electron chi connectivity index (χ4n) is 2.67. The molecule has 0 aliphatic carbocycles. The van der Waals surface area contributed by atoms with Gasteiger partial charge in [-0.15, -0.1) is 11.3 Å². The summed E-state index contributed by atoms with van der Waals surface area (Å²) in [5, 5.41) is 7.11. The lowest BCUT2D eigenvalue weighted by Gasteiger charge is -2.15. The van der Waals surface area contributed by atoms with Gasteiger partial charge < -0.3 is 14.7 Å². The minimum absolute atomic E-state index is 0.0946. The van der Waals surface area contributed by atoms with Gasteiger partial charge in [-0.25, -0.2) is 4.98 Å². The number of benzene rings is 1. The second-order valence-electron chi connectivity index (χ2n) is 6.52. The number of hydrogen-bond donors (Lipinski definition) is 1. The van der Waals surface area contributed by atoms with Gasteiger partial charge in [0.15, 0.2) is 5.82 Å². The Bertz CT molecular complexity index is 991. The van der Waals surface area contributed by atoms with Gasteiger partial charge in [-0.05, 0) is 25.8 Å². The summed E-state index contributed by atoms with van der Waals surface area (Å²) < 4.78 is 4.91. The molecule has 2 heterocycles. The van der Waals surface area contributed by atoms with E-state index >= 15 is 0 Å². The van der Waals surface area contributed by atoms with Crippen LogP contribution >= 0.6 is 11.3 Å². The van der Waals surface area contributed by atoms with Crippen molar-refractivity contribution in [3.05, 3.63) is 52.2 Å². The molecule has 3 aromatic rings. The zero-order valence-corrected chi connectivity index (χ0v) is 17.1. The normalized spacial score (nSPS) is 10.7. The molecule has 0 aliphatic heterocycles. The van der Waals surface area contributed by atoms with Crippen molar-refractivity contribution in [3.8, 4) is 10.6 Å². The first kappa shape index (κ1) is 19.8. The zero-order chi connectivity index (χ0) is 20.3. The van der Waals surface area contributed by atoms with E-state index in [1.54, 1.807) is 27.0 Å². The van der Waals surface area contributed by atoms with Crippen molar-refractivity contribution in [2.24, 2.45) is 0 Å². The molecule has 0 spiro atoms. The van der Waals surface area contributed by atoms with Gasteiger partial charge in [-0.3, -0.25) is 9.59 Å². The monoisotopic (exact) mass is 398 g/mol. The van der Waals surface area contributed by atoms with E-state index in [0.29, 0.717) is 22.1 Å². The van der Waals surface area contributed by atoms with E-state index < -0.39 is 0 Å². The van der Waals surface area contributed by atoms with Crippen LogP contribution in [0.15, 0.2) is 34.9 Å². The minimum atomic E-state index is -0.346. The molecule has 0 unspecified atom stereocenters. The van der Waals surface area contributed by atoms with E-state index in [1.807, 2.05) is 12.1 Å². The number of likely N-dealkylation sites (N-methyl/N-ethyl adjacent to an activating group) is 1. The van der Waals surface area contributed by atoms with Crippen LogP contribution in [0.4, 0.5) is 5.82 Å². The number of nitrogens with one attached hydrogen (secondary N) is 1. The molecule has 0 radical (unpaired) electrons. The maximum absolute atomic E-state index is 12.8. The third-order valence-electron chi connectivity index (χ3n) is 4.22. The summed E-state index contributed by atoms with van der Waals surface area (Å²) in [6.07, 6.45) is 0.974. The molecule has 3 rings (SSSR count). The molecule has 8 heteroatoms. The molecule has 28 heavy (non-hydrogen) atoms. The van der Waals surface area contributed by atoms with Gasteiger partial charge in [0.2, 0.25) is 5.91 Å². The Kier molecular flexibility index (Phi) is 5.89. The highest BCUT2D eigenvalue weighted by atomic mass is 32.1. The number of carbonyl (C=O) groups is 2. The Labute approximate surface area is 167 Å². The molecule has 146 valence electrons. The topological polar surface area (TPSA) is 88.3 Å². The van der Waals surface area contributed by atoms with Crippen molar-refractivity contribution in [1.29, 1.82) is 0 Å². The summed E-state index contributed by atoms with van der Waals surface area (Å²) in [6, 6.07) is 9.78. The van der Waals surface area contributed by atoms with Crippen LogP contribution in [0.5, 0.6) is 0 Å². The standard InChI is InChI=1S/C20H22N4O3S/c1-5-14-6-8-15(9-7-14)19-21-13(3)18(28-19)20(26)24(4)11-17(25)22-16-10-12(2)27-23-16/h6-10H,5,11H2,1-4H3,(H,22,23,25). The minimum Gasteiger partial charge on any atom is -0.360 e. The highest BCUT2D eigenvalue weighted by Gasteiger charge is 2.21. The number of aromatic nitrogens is 2. The summed E-state index contributed by atoms with van der Waals surface area (Å²) in [5.41, 5.74) is 2.89. The average Bonchev–Trinajstić information content (AvgIpc) is 3.26. The molecular formula is C20H22N4O3S. The van der Waals surface area contributed by atoms with Crippen molar-refractivity contribution in [2.45, 2.75) is 27.2 Å². The smallest absolute Gasteiger partial charge is 0.266 e. The second-order valence-corrected chi connectivity index (χ2v) is 7.52. The molecule has 0 atom stereocenters. The van der Waals surface area contributed by atoms with Crippen LogP contribution in [0.2, 0.25) is 0 Å². The summed E-state index contributed by atoms with van der Waals surface area (Å²) in [7, 11) is 1.59. The lowest BCUT2D eigenvalue weighted by atomic mass is 10.1. The number of amides is 2. The van der Waals surface area contributed by atoms with Crippen molar-refractivity contribution >= 4 is 29.0 Å². The Hall–Kier alpha value is -3.00. The molecule has 0 saturated carbocycles. The largest absolute Gasteiger partial charge is 0.360 e. The predicted molar refractivity (Wildman–Crippen MR) is 108 cm³/mol. The highest BCUT2D eigenvalue weighted by molar-refractivity contribution is 7.17. The predicted octanol–water partition coefficient (Wildman–Crippen LogP) is 3.69. The van der Waals surface area contributed by atoms with E-state index in [1.165, 1.54) is 21.8 Å². The fourth-order valence-corrected chi connectivity index (χ4v) is 3.74. The number of anilines is 1. The number of thiazole rings is 1. The van der Waals surface area contributed by atoms with Gasteiger partial charge in [-0.1, -0.05) is 36.3 Å². The van der Waals surface area contributed by atoms with Gasteiger partial charge in [0.05, 0.1) is 12.2 Å². The fraction of sp³-hybridized carbons (Fsp3) is 0.300. The summed E-state index contributed by atoms with van der Waals surface area (Å²) in [5.74, 6) is 0.342. The lowest BCUT2D eigenvalue weighted by molar-refractivity contribution is -0.116. The van der Waals surface area contributed by atoms with E-state index in [-0.39, 0.29) is 18.4 Å². The maximum Gasteiger partial charge on any atom is 0.266 e. The van der Waals surface area contributed by atoms with Crippen LogP contribution in [-0.2, 0) is 11.2 Å². The Morgan fingerprint density at radius 1 is 1.21 bits per heavy atom. The number of rotatable bonds is 6. The molecule has 1 N–H and O–H groups in total. The molecule has 0 bridgehead atoms. The van der Waals surface area contributed by atoms with Crippen LogP contribution in [0, 0.1) is 13.8 Å². The van der Waals surface area contributed by atoms with Crippen molar-refractivity contribution in [3.63, 3.8) is 0 Å². The van der Waals surface area contributed by atoms with Gasteiger partial charge in [0.1, 0.15) is 15.6 Å². The van der Waals surface area contributed by atoms with Crippen molar-refractivity contribution in [2.75, 3.05) is 18.9 Å². The highest BCUT2D eigenvalue weighted by Crippen LogP contribution is 2.29. The molecule has 7 nitrogen and oxygen atoms in total. The van der Waals surface area contributed by atoms with Crippen LogP contribution in [0.25, 0.3) is 10.6 Å². The zero-order valence-electron chi connectivity index (χ0n) is 16.3. The number of hydrogen-bond acceptors (Lipinski definition) is 6. The van der Waals surface area contributed by atoms with Crippen molar-refractivity contribution in [1.82, 2.24) is 15.0 Å². The first-order valence-electron chi connectivity index (χ1n) is 8.92. The van der Waals surface area contributed by atoms with Crippen LogP contribution in [-0.4, -0.2) is 40.4 Å². The number of aryl methyl sites for hydroxylation is 3. The first-order chi connectivity index (χ1) is 13.4. The van der Waals surface area contributed by atoms with Gasteiger partial charge in [-0.2, -0.15) is 0 Å². The van der Waals surface area contributed by atoms with Gasteiger partial charge in [0, 0.05) is 18.7 Å². The summed E-state index contributed by atoms with van der Waals surface area (Å²) in [4.78, 5) is 31.4. The van der Waals surface area contributed by atoms with Crippen LogP contribution in [0.1, 0.15) is 33.6 Å². The first-order valence-corrected chi connectivity index (χ1v) is 9.74. The lowest BCUT2D eigenvalue weighted by Crippen LogP contribution is -2.34. The van der Waals surface area contributed by atoms with E-state index in [4.69, 9.17) is 4.52 Å². The van der Waals surface area contributed by atoms with E-state index in [2.05, 4.69) is 34.5 Å². The third-order valence-corrected chi connectivity index (χ3v) is 5.42.